The van der Waals surface area contributed by atoms with E-state index in [1.807, 2.05) is 0 Å². The van der Waals surface area contributed by atoms with E-state index in [1.54, 1.807) is 0 Å². The Morgan fingerprint density at radius 1 is 1.00 bits per heavy atom. The smallest absolute Gasteiger partial charge is 0.142 e. The van der Waals surface area contributed by atoms with Crippen LogP contribution in [0.4, 0.5) is 0 Å². The number of hydrogen-bond donors (Lipinski definition) is 2. The molecular formula is C2H4CuO2S2. The summed E-state index contributed by atoms with van der Waals surface area (Å²) in [5, 5.41) is 14.5. The van der Waals surface area contributed by atoms with Crippen LogP contribution in [0.2, 0.25) is 0 Å². The van der Waals surface area contributed by atoms with Gasteiger partial charge in [-0.25, -0.2) is 0 Å². The van der Waals surface area contributed by atoms with Gasteiger partial charge in [-0.05, 0) is 24.4 Å². The molecule has 0 fully saturated rings. The van der Waals surface area contributed by atoms with Gasteiger partial charge < -0.3 is 10.2 Å². The third-order valence-electron chi connectivity index (χ3n) is 0. The van der Waals surface area contributed by atoms with Gasteiger partial charge in [-0.15, -0.1) is 0 Å². The molecule has 7 heavy (non-hydrogen) atoms. The molecule has 0 atom stereocenters. The molecule has 2 N–H and O–H groups in total. The molecule has 0 rings (SSSR count). The van der Waals surface area contributed by atoms with Crippen molar-refractivity contribution in [1.82, 2.24) is 0 Å². The zero-order chi connectivity index (χ0) is 5.41. The molecule has 0 bridgehead atoms. The normalized spacial score (nSPS) is 3.43. The maximum Gasteiger partial charge on any atom is 0.142 e. The first-order valence-corrected chi connectivity index (χ1v) is 1.93. The van der Waals surface area contributed by atoms with E-state index in [2.05, 4.69) is 24.4 Å². The standard InChI is InChI=1S/2CH2OS.Cu/c2*2-1-3;/h2*1H,(H,2,3);. The number of aliphatic hydroxyl groups is 2. The maximum atomic E-state index is 7.26. The first-order chi connectivity index (χ1) is 2.83. The Bertz CT molecular complexity index is 34.7. The number of hydrogen-bond acceptors (Lipinski definition) is 2. The fourth-order valence-electron chi connectivity index (χ4n) is 0. The quantitative estimate of drug-likeness (QED) is 0.439. The van der Waals surface area contributed by atoms with E-state index in [-0.39, 0.29) is 17.1 Å². The molecule has 0 aliphatic heterocycles. The summed E-state index contributed by atoms with van der Waals surface area (Å²) < 4.78 is 0. The first-order valence-electron chi connectivity index (χ1n) is 0.988. The zero-order valence-electron chi connectivity index (χ0n) is 3.17. The monoisotopic (exact) mass is 187 g/mol. The second-order valence-corrected chi connectivity index (χ2v) is 0.632. The number of rotatable bonds is 0. The summed E-state index contributed by atoms with van der Waals surface area (Å²) in [6, 6.07) is 0. The van der Waals surface area contributed by atoms with Crippen LogP contribution in [0.1, 0.15) is 0 Å². The summed E-state index contributed by atoms with van der Waals surface area (Å²) in [7, 11) is 0. The minimum Gasteiger partial charge on any atom is -0.504 e. The van der Waals surface area contributed by atoms with Gasteiger partial charge in [0.25, 0.3) is 0 Å². The maximum absolute atomic E-state index is 7.26. The van der Waals surface area contributed by atoms with E-state index in [4.69, 9.17) is 10.2 Å². The molecule has 0 aliphatic carbocycles. The van der Waals surface area contributed by atoms with Crippen LogP contribution in [0.5, 0.6) is 0 Å². The molecule has 0 spiro atoms. The second kappa shape index (κ2) is 33.5. The third kappa shape index (κ3) is 1300. The largest absolute Gasteiger partial charge is 0.504 e. The molecule has 0 saturated carbocycles. The molecular weight excluding hydrogens is 184 g/mol. The predicted molar refractivity (Wildman–Crippen MR) is 32.6 cm³/mol. The molecule has 0 aromatic heterocycles. The topological polar surface area (TPSA) is 40.5 Å². The molecule has 5 heteroatoms. The van der Waals surface area contributed by atoms with Gasteiger partial charge in [-0.2, -0.15) is 0 Å². The molecule has 0 aliphatic rings. The molecule has 0 heterocycles. The van der Waals surface area contributed by atoms with Crippen LogP contribution in [-0.4, -0.2) is 21.3 Å². The molecule has 2 nitrogen and oxygen atoms in total. The van der Waals surface area contributed by atoms with Crippen molar-refractivity contribution in [2.75, 3.05) is 0 Å². The van der Waals surface area contributed by atoms with Gasteiger partial charge >= 0.3 is 0 Å². The zero-order valence-corrected chi connectivity index (χ0v) is 5.74. The Labute approximate surface area is 63.0 Å². The van der Waals surface area contributed by atoms with Crippen molar-refractivity contribution in [3.05, 3.63) is 0 Å². The van der Waals surface area contributed by atoms with E-state index < -0.39 is 0 Å². The van der Waals surface area contributed by atoms with Crippen molar-refractivity contribution in [2.45, 2.75) is 0 Å². The average Bonchev–Trinajstić information content (AvgIpc) is 1.39. The summed E-state index contributed by atoms with van der Waals surface area (Å²) in [4.78, 5) is 0. The Morgan fingerprint density at radius 3 is 1.00 bits per heavy atom. The van der Waals surface area contributed by atoms with Gasteiger partial charge in [0, 0.05) is 17.1 Å². The fraction of sp³-hybridized carbons (Fsp3) is 0. The molecule has 0 amide bonds. The van der Waals surface area contributed by atoms with Crippen molar-refractivity contribution in [1.29, 1.82) is 0 Å². The van der Waals surface area contributed by atoms with Crippen molar-refractivity contribution in [2.24, 2.45) is 0 Å². The van der Waals surface area contributed by atoms with Crippen molar-refractivity contribution >= 4 is 35.5 Å². The Hall–Kier alpha value is 0.299. The van der Waals surface area contributed by atoms with E-state index in [0.717, 1.165) is 0 Å². The van der Waals surface area contributed by atoms with Gasteiger partial charge in [0.15, 0.2) is 0 Å². The van der Waals surface area contributed by atoms with Crippen molar-refractivity contribution in [3.8, 4) is 0 Å². The SMILES string of the molecule is OC=S.OC=S.[Cu]. The molecule has 0 saturated heterocycles. The van der Waals surface area contributed by atoms with Gasteiger partial charge in [-0.1, -0.05) is 0 Å². The van der Waals surface area contributed by atoms with Crippen LogP contribution >= 0.6 is 24.4 Å². The Morgan fingerprint density at radius 2 is 1.00 bits per heavy atom. The molecule has 0 aromatic rings. The summed E-state index contributed by atoms with van der Waals surface area (Å²) in [5.41, 5.74) is 1.17. The summed E-state index contributed by atoms with van der Waals surface area (Å²) in [6.07, 6.45) is 0. The van der Waals surface area contributed by atoms with E-state index >= 15 is 0 Å². The van der Waals surface area contributed by atoms with Gasteiger partial charge in [0.1, 0.15) is 11.1 Å². The van der Waals surface area contributed by atoms with Crippen LogP contribution in [-0.2, 0) is 17.1 Å². The molecule has 1 radical (unpaired) electrons. The van der Waals surface area contributed by atoms with Crippen molar-refractivity contribution in [3.63, 3.8) is 0 Å². The summed E-state index contributed by atoms with van der Waals surface area (Å²) >= 11 is 7.65. The average molecular weight is 188 g/mol. The minimum absolute atomic E-state index is 0. The predicted octanol–water partition coefficient (Wildman–Crippen LogP) is 1.00. The van der Waals surface area contributed by atoms with E-state index in [1.165, 1.54) is 0 Å². The van der Waals surface area contributed by atoms with E-state index in [0.29, 0.717) is 11.1 Å². The van der Waals surface area contributed by atoms with Gasteiger partial charge in [0.05, 0.1) is 0 Å². The summed E-state index contributed by atoms with van der Waals surface area (Å²) in [6.45, 7) is 0. The number of aliphatic hydroxyl groups excluding tert-OH is 2. The van der Waals surface area contributed by atoms with Crippen molar-refractivity contribution < 1.29 is 27.3 Å². The second-order valence-electron chi connectivity index (χ2n) is 0.211. The van der Waals surface area contributed by atoms with Crippen LogP contribution in [0.25, 0.3) is 0 Å². The molecule has 0 aromatic carbocycles. The van der Waals surface area contributed by atoms with Crippen LogP contribution in [0.3, 0.4) is 0 Å². The van der Waals surface area contributed by atoms with Gasteiger partial charge in [0.2, 0.25) is 0 Å². The number of thiocarbonyl (C=S) groups is 2. The van der Waals surface area contributed by atoms with E-state index in [9.17, 15) is 0 Å². The Kier molecular flexibility index (Phi) is 74.9. The minimum atomic E-state index is 0. The third-order valence-corrected chi connectivity index (χ3v) is 0. The van der Waals surface area contributed by atoms with Crippen LogP contribution in [0, 0.1) is 0 Å². The first kappa shape index (κ1) is 15.7. The Balaban J connectivity index is -0.0000000400. The van der Waals surface area contributed by atoms with Crippen LogP contribution < -0.4 is 0 Å². The fourth-order valence-corrected chi connectivity index (χ4v) is 0. The molecule has 0 unspecified atom stereocenters. The molecule has 47 valence electrons. The van der Waals surface area contributed by atoms with Crippen LogP contribution in [0.15, 0.2) is 0 Å². The summed E-state index contributed by atoms with van der Waals surface area (Å²) in [5.74, 6) is 0. The van der Waals surface area contributed by atoms with Gasteiger partial charge in [-0.3, -0.25) is 0 Å².